The normalized spacial score (nSPS) is 14.8. The van der Waals surface area contributed by atoms with E-state index >= 15 is 0 Å². The molecule has 1 saturated carbocycles. The predicted octanol–water partition coefficient (Wildman–Crippen LogP) is 3.26. The van der Waals surface area contributed by atoms with Crippen molar-refractivity contribution in [1.29, 1.82) is 0 Å². The molecule has 0 saturated heterocycles. The van der Waals surface area contributed by atoms with Crippen LogP contribution in [0.15, 0.2) is 36.5 Å². The number of aromatic amines is 1. The van der Waals surface area contributed by atoms with Gasteiger partial charge in [0.05, 0.1) is 0 Å². The molecule has 0 radical (unpaired) electrons. The van der Waals surface area contributed by atoms with E-state index in [2.05, 4.69) is 17.1 Å². The Bertz CT molecular complexity index is 567. The Morgan fingerprint density at radius 1 is 1.29 bits per heavy atom. The molecule has 1 heterocycles. The smallest absolute Gasteiger partial charge is 0.352 e. The van der Waals surface area contributed by atoms with E-state index in [4.69, 9.17) is 5.11 Å². The molecule has 0 amide bonds. The summed E-state index contributed by atoms with van der Waals surface area (Å²) in [5.74, 6) is -0.232. The third-order valence-corrected chi connectivity index (χ3v) is 3.21. The molecule has 3 nitrogen and oxygen atoms in total. The number of carboxylic acids is 1. The standard InChI is InChI=1S/C14H13NO2/c16-14(17)13-12(6-7-15-13)11-3-1-2-10(8-11)9-4-5-9/h1-3,6-9,15H,4-5H2,(H,16,17). The molecule has 17 heavy (non-hydrogen) atoms. The van der Waals surface area contributed by atoms with Crippen molar-refractivity contribution in [2.75, 3.05) is 0 Å². The van der Waals surface area contributed by atoms with Crippen molar-refractivity contribution in [3.05, 3.63) is 47.8 Å². The van der Waals surface area contributed by atoms with E-state index in [0.29, 0.717) is 5.92 Å². The van der Waals surface area contributed by atoms with Crippen LogP contribution < -0.4 is 0 Å². The molecule has 0 unspecified atom stereocenters. The fraction of sp³-hybridized carbons (Fsp3) is 0.214. The summed E-state index contributed by atoms with van der Waals surface area (Å²) in [7, 11) is 0. The number of rotatable bonds is 3. The molecular formula is C14H13NO2. The van der Waals surface area contributed by atoms with Gasteiger partial charge in [0.25, 0.3) is 0 Å². The summed E-state index contributed by atoms with van der Waals surface area (Å²) in [6.07, 6.45) is 4.17. The molecular weight excluding hydrogens is 214 g/mol. The van der Waals surface area contributed by atoms with Crippen LogP contribution in [0, 0.1) is 0 Å². The molecule has 1 aromatic heterocycles. The average Bonchev–Trinajstić information content (AvgIpc) is 3.06. The highest BCUT2D eigenvalue weighted by atomic mass is 16.4. The number of aromatic carboxylic acids is 1. The monoisotopic (exact) mass is 227 g/mol. The largest absolute Gasteiger partial charge is 0.477 e. The van der Waals surface area contributed by atoms with E-state index in [1.807, 2.05) is 18.2 Å². The van der Waals surface area contributed by atoms with Crippen molar-refractivity contribution < 1.29 is 9.90 Å². The van der Waals surface area contributed by atoms with Crippen molar-refractivity contribution in [3.8, 4) is 11.1 Å². The van der Waals surface area contributed by atoms with Crippen LogP contribution in [0.3, 0.4) is 0 Å². The molecule has 1 aromatic carbocycles. The van der Waals surface area contributed by atoms with Gasteiger partial charge in [-0.15, -0.1) is 0 Å². The zero-order valence-corrected chi connectivity index (χ0v) is 9.31. The Morgan fingerprint density at radius 2 is 2.12 bits per heavy atom. The van der Waals surface area contributed by atoms with Crippen molar-refractivity contribution in [2.24, 2.45) is 0 Å². The summed E-state index contributed by atoms with van der Waals surface area (Å²) in [5.41, 5.74) is 3.33. The van der Waals surface area contributed by atoms with E-state index in [1.165, 1.54) is 18.4 Å². The summed E-state index contributed by atoms with van der Waals surface area (Å²) in [5, 5.41) is 9.08. The SMILES string of the molecule is O=C(O)c1[nH]ccc1-c1cccc(C2CC2)c1. The van der Waals surface area contributed by atoms with Gasteiger partial charge in [0, 0.05) is 11.8 Å². The quantitative estimate of drug-likeness (QED) is 0.845. The van der Waals surface area contributed by atoms with Gasteiger partial charge in [0.15, 0.2) is 0 Å². The summed E-state index contributed by atoms with van der Waals surface area (Å²) < 4.78 is 0. The first-order valence-corrected chi connectivity index (χ1v) is 5.76. The number of carboxylic acid groups (broad SMARTS) is 1. The maximum absolute atomic E-state index is 11.1. The predicted molar refractivity (Wildman–Crippen MR) is 65.2 cm³/mol. The minimum absolute atomic E-state index is 0.262. The van der Waals surface area contributed by atoms with Crippen molar-refractivity contribution in [3.63, 3.8) is 0 Å². The molecule has 1 fully saturated rings. The first-order chi connectivity index (χ1) is 8.25. The van der Waals surface area contributed by atoms with Gasteiger partial charge >= 0.3 is 5.97 Å². The summed E-state index contributed by atoms with van der Waals surface area (Å²) in [6, 6.07) is 10.0. The Balaban J connectivity index is 2.05. The van der Waals surface area contributed by atoms with Gasteiger partial charge in [-0.2, -0.15) is 0 Å². The Kier molecular flexibility index (Phi) is 2.25. The third kappa shape index (κ3) is 1.84. The van der Waals surface area contributed by atoms with E-state index in [1.54, 1.807) is 6.20 Å². The second-order valence-electron chi connectivity index (χ2n) is 4.47. The molecule has 0 bridgehead atoms. The minimum Gasteiger partial charge on any atom is -0.477 e. The van der Waals surface area contributed by atoms with Gasteiger partial charge in [0.1, 0.15) is 5.69 Å². The Hall–Kier alpha value is -2.03. The van der Waals surface area contributed by atoms with Gasteiger partial charge in [-0.25, -0.2) is 4.79 Å². The van der Waals surface area contributed by atoms with Crippen molar-refractivity contribution in [2.45, 2.75) is 18.8 Å². The van der Waals surface area contributed by atoms with Crippen LogP contribution in [0.5, 0.6) is 0 Å². The fourth-order valence-electron chi connectivity index (χ4n) is 2.16. The lowest BCUT2D eigenvalue weighted by molar-refractivity contribution is 0.0692. The van der Waals surface area contributed by atoms with Crippen molar-refractivity contribution in [1.82, 2.24) is 4.98 Å². The average molecular weight is 227 g/mol. The summed E-state index contributed by atoms with van der Waals surface area (Å²) in [4.78, 5) is 13.8. The van der Waals surface area contributed by atoms with Gasteiger partial charge in [0.2, 0.25) is 0 Å². The molecule has 86 valence electrons. The van der Waals surface area contributed by atoms with Crippen LogP contribution in [0.1, 0.15) is 34.8 Å². The molecule has 0 aliphatic heterocycles. The second-order valence-corrected chi connectivity index (χ2v) is 4.47. The molecule has 1 aliphatic carbocycles. The van der Waals surface area contributed by atoms with E-state index in [-0.39, 0.29) is 5.69 Å². The number of H-pyrrole nitrogens is 1. The highest BCUT2D eigenvalue weighted by Gasteiger charge is 2.24. The lowest BCUT2D eigenvalue weighted by Gasteiger charge is -2.04. The summed E-state index contributed by atoms with van der Waals surface area (Å²) >= 11 is 0. The van der Waals surface area contributed by atoms with Gasteiger partial charge in [-0.1, -0.05) is 24.3 Å². The number of hydrogen-bond donors (Lipinski definition) is 2. The topological polar surface area (TPSA) is 53.1 Å². The molecule has 2 N–H and O–H groups in total. The second kappa shape index (κ2) is 3.77. The van der Waals surface area contributed by atoms with Gasteiger partial charge in [-0.3, -0.25) is 0 Å². The van der Waals surface area contributed by atoms with Gasteiger partial charge < -0.3 is 10.1 Å². The van der Waals surface area contributed by atoms with E-state index < -0.39 is 5.97 Å². The van der Waals surface area contributed by atoms with Gasteiger partial charge in [-0.05, 0) is 36.0 Å². The molecule has 0 spiro atoms. The van der Waals surface area contributed by atoms with Crippen LogP contribution >= 0.6 is 0 Å². The van der Waals surface area contributed by atoms with Crippen LogP contribution in [0.2, 0.25) is 0 Å². The van der Waals surface area contributed by atoms with Crippen LogP contribution in [0.4, 0.5) is 0 Å². The first-order valence-electron chi connectivity index (χ1n) is 5.76. The van der Waals surface area contributed by atoms with E-state index in [9.17, 15) is 4.79 Å². The number of nitrogens with one attached hydrogen (secondary N) is 1. The molecule has 3 rings (SSSR count). The third-order valence-electron chi connectivity index (χ3n) is 3.21. The number of benzene rings is 1. The number of aromatic nitrogens is 1. The highest BCUT2D eigenvalue weighted by Crippen LogP contribution is 2.41. The lowest BCUT2D eigenvalue weighted by Crippen LogP contribution is -1.98. The minimum atomic E-state index is -0.915. The molecule has 3 heteroatoms. The lowest BCUT2D eigenvalue weighted by atomic mass is 10.0. The Labute approximate surface area is 99.1 Å². The number of hydrogen-bond acceptors (Lipinski definition) is 1. The first kappa shape index (κ1) is 10.1. The molecule has 2 aromatic rings. The Morgan fingerprint density at radius 3 is 2.82 bits per heavy atom. The molecule has 1 aliphatic rings. The fourth-order valence-corrected chi connectivity index (χ4v) is 2.16. The zero-order chi connectivity index (χ0) is 11.8. The zero-order valence-electron chi connectivity index (χ0n) is 9.31. The highest BCUT2D eigenvalue weighted by molar-refractivity contribution is 5.94. The van der Waals surface area contributed by atoms with E-state index in [0.717, 1.165) is 11.1 Å². The molecule has 0 atom stereocenters. The number of carbonyl (C=O) groups is 1. The van der Waals surface area contributed by atoms with Crippen molar-refractivity contribution >= 4 is 5.97 Å². The maximum Gasteiger partial charge on any atom is 0.352 e. The van der Waals surface area contributed by atoms with Crippen LogP contribution in [-0.4, -0.2) is 16.1 Å². The summed E-state index contributed by atoms with van der Waals surface area (Å²) in [6.45, 7) is 0. The maximum atomic E-state index is 11.1. The van der Waals surface area contributed by atoms with Crippen LogP contribution in [0.25, 0.3) is 11.1 Å². The van der Waals surface area contributed by atoms with Crippen LogP contribution in [-0.2, 0) is 0 Å².